The molecule has 4 rings (SSSR count). The van der Waals surface area contributed by atoms with Crippen LogP contribution in [0.5, 0.6) is 11.5 Å². The van der Waals surface area contributed by atoms with Gasteiger partial charge in [0.25, 0.3) is 0 Å². The van der Waals surface area contributed by atoms with E-state index in [0.29, 0.717) is 11.5 Å². The number of ether oxygens (including phenoxy) is 3. The summed E-state index contributed by atoms with van der Waals surface area (Å²) in [4.78, 5) is 8.96. The molecule has 0 aliphatic carbocycles. The minimum absolute atomic E-state index is 0.224. The second kappa shape index (κ2) is 7.21. The topological polar surface area (TPSA) is 69.9 Å². The molecule has 7 heteroatoms. The number of benzene rings is 1. The fraction of sp³-hybridized carbons (Fsp3) is 0.368. The van der Waals surface area contributed by atoms with Crippen LogP contribution in [0.25, 0.3) is 16.9 Å². The van der Waals surface area contributed by atoms with E-state index in [4.69, 9.17) is 19.2 Å². The van der Waals surface area contributed by atoms with Crippen molar-refractivity contribution in [2.24, 2.45) is 0 Å². The second-order valence-electron chi connectivity index (χ2n) is 6.17. The van der Waals surface area contributed by atoms with E-state index in [-0.39, 0.29) is 6.10 Å². The van der Waals surface area contributed by atoms with E-state index < -0.39 is 0 Å². The number of imidazole rings is 1. The average molecular weight is 354 g/mol. The summed E-state index contributed by atoms with van der Waals surface area (Å²) in [7, 11) is 3.27. The molecular formula is C19H22N4O3. The van der Waals surface area contributed by atoms with Gasteiger partial charge in [-0.15, -0.1) is 0 Å². The third-order valence-corrected chi connectivity index (χ3v) is 4.61. The van der Waals surface area contributed by atoms with Gasteiger partial charge in [0.2, 0.25) is 0 Å². The summed E-state index contributed by atoms with van der Waals surface area (Å²) in [5.41, 5.74) is 2.43. The Morgan fingerprint density at radius 1 is 1.31 bits per heavy atom. The summed E-state index contributed by atoms with van der Waals surface area (Å²) in [6.45, 7) is 1.56. The van der Waals surface area contributed by atoms with Crippen LogP contribution >= 0.6 is 0 Å². The first-order chi connectivity index (χ1) is 12.8. The quantitative estimate of drug-likeness (QED) is 0.734. The first-order valence-electron chi connectivity index (χ1n) is 8.70. The van der Waals surface area contributed by atoms with E-state index in [1.165, 1.54) is 0 Å². The molecule has 0 saturated carbocycles. The van der Waals surface area contributed by atoms with Crippen LogP contribution in [0, 0.1) is 0 Å². The zero-order chi connectivity index (χ0) is 17.9. The largest absolute Gasteiger partial charge is 0.493 e. The van der Waals surface area contributed by atoms with Gasteiger partial charge in [-0.1, -0.05) is 6.07 Å². The van der Waals surface area contributed by atoms with Crippen LogP contribution in [-0.2, 0) is 4.74 Å². The molecule has 1 aromatic carbocycles. The lowest BCUT2D eigenvalue weighted by Gasteiger charge is -2.15. The van der Waals surface area contributed by atoms with Gasteiger partial charge in [0, 0.05) is 31.1 Å². The predicted octanol–water partition coefficient (Wildman–Crippen LogP) is 3.00. The van der Waals surface area contributed by atoms with Gasteiger partial charge in [0.1, 0.15) is 11.5 Å². The molecule has 1 unspecified atom stereocenters. The number of methoxy groups -OCH3 is 2. The maximum absolute atomic E-state index is 5.74. The zero-order valence-corrected chi connectivity index (χ0v) is 14.9. The lowest BCUT2D eigenvalue weighted by molar-refractivity contribution is 0.120. The van der Waals surface area contributed by atoms with E-state index in [2.05, 4.69) is 10.3 Å². The van der Waals surface area contributed by atoms with Crippen LogP contribution in [0.4, 0.5) is 5.82 Å². The van der Waals surface area contributed by atoms with E-state index in [9.17, 15) is 0 Å². The highest BCUT2D eigenvalue weighted by atomic mass is 16.5. The number of rotatable bonds is 6. The van der Waals surface area contributed by atoms with Crippen molar-refractivity contribution >= 4 is 11.5 Å². The normalized spacial score (nSPS) is 16.8. The predicted molar refractivity (Wildman–Crippen MR) is 99.0 cm³/mol. The third-order valence-electron chi connectivity index (χ3n) is 4.61. The van der Waals surface area contributed by atoms with E-state index in [1.54, 1.807) is 26.6 Å². The van der Waals surface area contributed by atoms with Crippen LogP contribution in [0.1, 0.15) is 12.8 Å². The average Bonchev–Trinajstić information content (AvgIpc) is 3.33. The smallest absolute Gasteiger partial charge is 0.170 e. The number of fused-ring (bicyclic) bond motifs is 1. The lowest BCUT2D eigenvalue weighted by atomic mass is 10.1. The summed E-state index contributed by atoms with van der Waals surface area (Å²) in [6, 6.07) is 5.79. The number of aromatic nitrogens is 3. The van der Waals surface area contributed by atoms with E-state index in [1.807, 2.05) is 28.8 Å². The Bertz CT molecular complexity index is 903. The maximum atomic E-state index is 5.74. The van der Waals surface area contributed by atoms with E-state index >= 15 is 0 Å². The highest BCUT2D eigenvalue weighted by molar-refractivity contribution is 5.82. The summed E-state index contributed by atoms with van der Waals surface area (Å²) < 4.78 is 18.8. The van der Waals surface area contributed by atoms with Gasteiger partial charge in [0.15, 0.2) is 17.1 Å². The van der Waals surface area contributed by atoms with Crippen molar-refractivity contribution in [2.75, 3.05) is 32.7 Å². The second-order valence-corrected chi connectivity index (χ2v) is 6.17. The van der Waals surface area contributed by atoms with Gasteiger partial charge in [-0.05, 0) is 25.0 Å². The number of anilines is 1. The van der Waals surface area contributed by atoms with Crippen molar-refractivity contribution < 1.29 is 14.2 Å². The van der Waals surface area contributed by atoms with Crippen LogP contribution in [0.15, 0.2) is 36.8 Å². The van der Waals surface area contributed by atoms with Crippen molar-refractivity contribution in [2.45, 2.75) is 18.9 Å². The molecule has 1 N–H and O–H groups in total. The molecule has 0 spiro atoms. The van der Waals surface area contributed by atoms with Crippen LogP contribution in [0.2, 0.25) is 0 Å². The first-order valence-corrected chi connectivity index (χ1v) is 8.70. The fourth-order valence-electron chi connectivity index (χ4n) is 3.35. The highest BCUT2D eigenvalue weighted by Gasteiger charge is 2.22. The number of nitrogens with one attached hydrogen (secondary N) is 1. The number of hydrogen-bond acceptors (Lipinski definition) is 6. The van der Waals surface area contributed by atoms with Gasteiger partial charge in [-0.3, -0.25) is 9.38 Å². The highest BCUT2D eigenvalue weighted by Crippen LogP contribution is 2.40. The summed E-state index contributed by atoms with van der Waals surface area (Å²) in [5.74, 6) is 2.22. The molecule has 1 fully saturated rings. The molecular weight excluding hydrogens is 332 g/mol. The first kappa shape index (κ1) is 16.7. The Morgan fingerprint density at radius 3 is 3.00 bits per heavy atom. The molecule has 1 aliphatic heterocycles. The molecule has 136 valence electrons. The molecule has 3 heterocycles. The molecule has 1 saturated heterocycles. The maximum Gasteiger partial charge on any atom is 0.170 e. The minimum Gasteiger partial charge on any atom is -0.493 e. The van der Waals surface area contributed by atoms with Crippen molar-refractivity contribution in [3.8, 4) is 22.8 Å². The van der Waals surface area contributed by atoms with Crippen LogP contribution < -0.4 is 14.8 Å². The third kappa shape index (κ3) is 2.94. The SMILES string of the molecule is COc1cccc(-c2nc3cnccn3c2NCC2CCCO2)c1OC. The summed E-state index contributed by atoms with van der Waals surface area (Å²) >= 11 is 0. The summed E-state index contributed by atoms with van der Waals surface area (Å²) in [5, 5.41) is 3.52. The van der Waals surface area contributed by atoms with Crippen LogP contribution in [-0.4, -0.2) is 47.8 Å². The summed E-state index contributed by atoms with van der Waals surface area (Å²) in [6.07, 6.45) is 7.80. The monoisotopic (exact) mass is 354 g/mol. The molecule has 3 aromatic rings. The molecule has 2 aromatic heterocycles. The van der Waals surface area contributed by atoms with Crippen molar-refractivity contribution in [1.29, 1.82) is 0 Å². The van der Waals surface area contributed by atoms with Crippen molar-refractivity contribution in [1.82, 2.24) is 14.4 Å². The Morgan fingerprint density at radius 2 is 2.23 bits per heavy atom. The molecule has 7 nitrogen and oxygen atoms in total. The van der Waals surface area contributed by atoms with Crippen molar-refractivity contribution in [3.05, 3.63) is 36.8 Å². The van der Waals surface area contributed by atoms with Crippen molar-refractivity contribution in [3.63, 3.8) is 0 Å². The van der Waals surface area contributed by atoms with Gasteiger partial charge in [-0.2, -0.15) is 0 Å². The van der Waals surface area contributed by atoms with Crippen LogP contribution in [0.3, 0.4) is 0 Å². The molecule has 0 amide bonds. The molecule has 0 bridgehead atoms. The molecule has 1 atom stereocenters. The number of hydrogen-bond donors (Lipinski definition) is 1. The Labute approximate surface area is 151 Å². The van der Waals surface area contributed by atoms with Gasteiger partial charge < -0.3 is 19.5 Å². The van der Waals surface area contributed by atoms with E-state index in [0.717, 1.165) is 48.7 Å². The number of para-hydroxylation sites is 1. The Hall–Kier alpha value is -2.80. The zero-order valence-electron chi connectivity index (χ0n) is 14.9. The number of nitrogens with zero attached hydrogens (tertiary/aromatic N) is 3. The molecule has 0 radical (unpaired) electrons. The molecule has 1 aliphatic rings. The van der Waals surface area contributed by atoms with Gasteiger partial charge >= 0.3 is 0 Å². The lowest BCUT2D eigenvalue weighted by Crippen LogP contribution is -2.19. The van der Waals surface area contributed by atoms with Gasteiger partial charge in [0.05, 0.1) is 26.5 Å². The Kier molecular flexibility index (Phi) is 4.62. The van der Waals surface area contributed by atoms with Gasteiger partial charge in [-0.25, -0.2) is 4.98 Å². The fourth-order valence-corrected chi connectivity index (χ4v) is 3.35. The minimum atomic E-state index is 0.224. The standard InChI is InChI=1S/C19H22N4O3/c1-24-15-7-3-6-14(18(15)25-2)17-19(21-11-13-5-4-10-26-13)23-9-8-20-12-16(23)22-17/h3,6-9,12-13,21H,4-5,10-11H2,1-2H3. The Balaban J connectivity index is 1.80. The molecule has 26 heavy (non-hydrogen) atoms.